The minimum absolute atomic E-state index is 0.422. The van der Waals surface area contributed by atoms with E-state index in [1.807, 2.05) is 6.07 Å². The maximum absolute atomic E-state index is 5.88. The Morgan fingerprint density at radius 2 is 1.93 bits per heavy atom. The van der Waals surface area contributed by atoms with E-state index < -0.39 is 0 Å². The first-order valence-corrected chi connectivity index (χ1v) is 6.31. The first-order valence-electron chi connectivity index (χ1n) is 5.52. The summed E-state index contributed by atoms with van der Waals surface area (Å²) >= 11 is 3.48. The van der Waals surface area contributed by atoms with E-state index in [1.54, 1.807) is 0 Å². The maximum Gasteiger partial charge on any atom is 0.0353 e. The zero-order valence-corrected chi connectivity index (χ0v) is 10.3. The molecular weight excluding hydrogens is 252 g/mol. The fourth-order valence-electron chi connectivity index (χ4n) is 2.08. The molecule has 1 saturated carbocycles. The van der Waals surface area contributed by atoms with Gasteiger partial charge in [0.1, 0.15) is 0 Å². The maximum atomic E-state index is 5.88. The van der Waals surface area contributed by atoms with Crippen LogP contribution < -0.4 is 11.1 Å². The standard InChI is InChI=1S/C12H17BrN2/c13-9-2-1-3-12(8-9)15-11-6-4-10(14)5-7-11/h1-3,8,10-11,15H,4-7,14H2. The minimum Gasteiger partial charge on any atom is -0.382 e. The fourth-order valence-corrected chi connectivity index (χ4v) is 2.48. The van der Waals surface area contributed by atoms with Crippen LogP contribution in [0.25, 0.3) is 0 Å². The highest BCUT2D eigenvalue weighted by atomic mass is 79.9. The van der Waals surface area contributed by atoms with Gasteiger partial charge in [-0.1, -0.05) is 22.0 Å². The van der Waals surface area contributed by atoms with Crippen LogP contribution in [0.1, 0.15) is 25.7 Å². The number of hydrogen-bond acceptors (Lipinski definition) is 2. The second kappa shape index (κ2) is 4.99. The summed E-state index contributed by atoms with van der Waals surface area (Å²) in [5, 5.41) is 3.56. The minimum atomic E-state index is 0.422. The number of hydrogen-bond donors (Lipinski definition) is 2. The van der Waals surface area contributed by atoms with Gasteiger partial charge in [-0.25, -0.2) is 0 Å². The first kappa shape index (κ1) is 11.0. The Morgan fingerprint density at radius 1 is 1.20 bits per heavy atom. The zero-order valence-electron chi connectivity index (χ0n) is 8.75. The van der Waals surface area contributed by atoms with Crippen molar-refractivity contribution in [1.82, 2.24) is 0 Å². The van der Waals surface area contributed by atoms with Gasteiger partial charge in [0.2, 0.25) is 0 Å². The molecule has 0 aliphatic heterocycles. The third-order valence-corrected chi connectivity index (χ3v) is 3.46. The topological polar surface area (TPSA) is 38.0 Å². The van der Waals surface area contributed by atoms with Crippen LogP contribution in [0.2, 0.25) is 0 Å². The van der Waals surface area contributed by atoms with Crippen LogP contribution >= 0.6 is 15.9 Å². The molecular formula is C12H17BrN2. The van der Waals surface area contributed by atoms with Gasteiger partial charge in [-0.3, -0.25) is 0 Å². The summed E-state index contributed by atoms with van der Waals surface area (Å²) in [4.78, 5) is 0. The van der Waals surface area contributed by atoms with Crippen molar-refractivity contribution in [1.29, 1.82) is 0 Å². The molecule has 0 spiro atoms. The van der Waals surface area contributed by atoms with Crippen LogP contribution in [0.5, 0.6) is 0 Å². The summed E-state index contributed by atoms with van der Waals surface area (Å²) in [5.74, 6) is 0. The van der Waals surface area contributed by atoms with Gasteiger partial charge in [-0.05, 0) is 43.9 Å². The Morgan fingerprint density at radius 3 is 2.60 bits per heavy atom. The third-order valence-electron chi connectivity index (χ3n) is 2.97. The summed E-state index contributed by atoms with van der Waals surface area (Å²) < 4.78 is 1.13. The molecule has 0 unspecified atom stereocenters. The zero-order chi connectivity index (χ0) is 10.7. The summed E-state index contributed by atoms with van der Waals surface area (Å²) in [7, 11) is 0. The fraction of sp³-hybridized carbons (Fsp3) is 0.500. The monoisotopic (exact) mass is 268 g/mol. The highest BCUT2D eigenvalue weighted by Gasteiger charge is 2.17. The van der Waals surface area contributed by atoms with Gasteiger partial charge in [-0.15, -0.1) is 0 Å². The molecule has 3 N–H and O–H groups in total. The van der Waals surface area contributed by atoms with Crippen molar-refractivity contribution in [3.63, 3.8) is 0 Å². The van der Waals surface area contributed by atoms with Crippen molar-refractivity contribution in [2.24, 2.45) is 5.73 Å². The molecule has 0 atom stereocenters. The van der Waals surface area contributed by atoms with Crippen molar-refractivity contribution in [2.75, 3.05) is 5.32 Å². The Bertz CT molecular complexity index is 319. The first-order chi connectivity index (χ1) is 7.24. The average molecular weight is 269 g/mol. The van der Waals surface area contributed by atoms with Gasteiger partial charge >= 0.3 is 0 Å². The van der Waals surface area contributed by atoms with Crippen LogP contribution in [0.4, 0.5) is 5.69 Å². The van der Waals surface area contributed by atoms with Gasteiger partial charge in [0.05, 0.1) is 0 Å². The molecule has 1 aromatic rings. The van der Waals surface area contributed by atoms with Crippen LogP contribution in [-0.2, 0) is 0 Å². The van der Waals surface area contributed by atoms with E-state index in [-0.39, 0.29) is 0 Å². The Labute approximate surface area is 99.4 Å². The lowest BCUT2D eigenvalue weighted by molar-refractivity contribution is 0.411. The second-order valence-electron chi connectivity index (χ2n) is 4.27. The molecule has 15 heavy (non-hydrogen) atoms. The molecule has 0 amide bonds. The number of halogens is 1. The van der Waals surface area contributed by atoms with E-state index in [4.69, 9.17) is 5.73 Å². The van der Waals surface area contributed by atoms with Gasteiger partial charge < -0.3 is 11.1 Å². The lowest BCUT2D eigenvalue weighted by atomic mass is 9.92. The lowest BCUT2D eigenvalue weighted by Gasteiger charge is -2.27. The molecule has 0 heterocycles. The van der Waals surface area contributed by atoms with E-state index in [9.17, 15) is 0 Å². The molecule has 1 aliphatic rings. The predicted molar refractivity (Wildman–Crippen MR) is 68.0 cm³/mol. The molecule has 1 aromatic carbocycles. The summed E-state index contributed by atoms with van der Waals surface area (Å²) in [5.41, 5.74) is 7.08. The molecule has 1 fully saturated rings. The number of anilines is 1. The summed E-state index contributed by atoms with van der Waals surface area (Å²) in [6.45, 7) is 0. The van der Waals surface area contributed by atoms with E-state index >= 15 is 0 Å². The quantitative estimate of drug-likeness (QED) is 0.865. The van der Waals surface area contributed by atoms with Gasteiger partial charge in [-0.2, -0.15) is 0 Å². The molecule has 82 valence electrons. The Kier molecular flexibility index (Phi) is 3.65. The van der Waals surface area contributed by atoms with Gasteiger partial charge in [0.15, 0.2) is 0 Å². The summed E-state index contributed by atoms with van der Waals surface area (Å²) in [6.07, 6.45) is 4.67. The SMILES string of the molecule is NC1CCC(Nc2cccc(Br)c2)CC1. The molecule has 0 radical (unpaired) electrons. The van der Waals surface area contributed by atoms with Gasteiger partial charge in [0.25, 0.3) is 0 Å². The average Bonchev–Trinajstić information content (AvgIpc) is 2.22. The van der Waals surface area contributed by atoms with E-state index in [1.165, 1.54) is 18.5 Å². The number of rotatable bonds is 2. The lowest BCUT2D eigenvalue weighted by Crippen LogP contribution is -2.32. The van der Waals surface area contributed by atoms with E-state index in [0.29, 0.717) is 12.1 Å². The number of nitrogens with one attached hydrogen (secondary N) is 1. The van der Waals surface area contributed by atoms with Crippen molar-refractivity contribution in [3.8, 4) is 0 Å². The normalized spacial score (nSPS) is 26.3. The summed E-state index contributed by atoms with van der Waals surface area (Å²) in [6, 6.07) is 9.35. The van der Waals surface area contributed by atoms with Gasteiger partial charge in [0, 0.05) is 22.2 Å². The van der Waals surface area contributed by atoms with Crippen molar-refractivity contribution < 1.29 is 0 Å². The Hall–Kier alpha value is -0.540. The van der Waals surface area contributed by atoms with Crippen LogP contribution in [-0.4, -0.2) is 12.1 Å². The highest BCUT2D eigenvalue weighted by molar-refractivity contribution is 9.10. The number of nitrogens with two attached hydrogens (primary N) is 1. The smallest absolute Gasteiger partial charge is 0.0353 e. The highest BCUT2D eigenvalue weighted by Crippen LogP contribution is 2.22. The molecule has 2 nitrogen and oxygen atoms in total. The predicted octanol–water partition coefficient (Wildman–Crippen LogP) is 3.13. The van der Waals surface area contributed by atoms with Crippen LogP contribution in [0, 0.1) is 0 Å². The molecule has 0 aromatic heterocycles. The third kappa shape index (κ3) is 3.21. The second-order valence-corrected chi connectivity index (χ2v) is 5.18. The molecule has 0 bridgehead atoms. The van der Waals surface area contributed by atoms with Crippen LogP contribution in [0.3, 0.4) is 0 Å². The largest absolute Gasteiger partial charge is 0.382 e. The van der Waals surface area contributed by atoms with Crippen molar-refractivity contribution >= 4 is 21.6 Å². The van der Waals surface area contributed by atoms with Crippen LogP contribution in [0.15, 0.2) is 28.7 Å². The molecule has 2 rings (SSSR count). The molecule has 3 heteroatoms. The Balaban J connectivity index is 1.92. The molecule has 1 aliphatic carbocycles. The van der Waals surface area contributed by atoms with E-state index in [0.717, 1.165) is 17.3 Å². The van der Waals surface area contributed by atoms with E-state index in [2.05, 4.69) is 39.4 Å². The molecule has 0 saturated heterocycles. The van der Waals surface area contributed by atoms with Crippen molar-refractivity contribution in [2.45, 2.75) is 37.8 Å². The van der Waals surface area contributed by atoms with Crippen molar-refractivity contribution in [3.05, 3.63) is 28.7 Å². The number of benzene rings is 1.